The monoisotopic (exact) mass is 487 g/mol. The molecule has 0 spiro atoms. The van der Waals surface area contributed by atoms with Crippen molar-refractivity contribution in [2.45, 2.75) is 56.8 Å². The molecule has 2 heterocycles. The summed E-state index contributed by atoms with van der Waals surface area (Å²) in [7, 11) is 1.64. The predicted molar refractivity (Wildman–Crippen MR) is 130 cm³/mol. The molecule has 2 aromatic carbocycles. The summed E-state index contributed by atoms with van der Waals surface area (Å²) in [4.78, 5) is 18.0. The third-order valence-corrected chi connectivity index (χ3v) is 7.75. The molecule has 35 heavy (non-hydrogen) atoms. The van der Waals surface area contributed by atoms with E-state index in [4.69, 9.17) is 4.74 Å². The van der Waals surface area contributed by atoms with E-state index in [9.17, 15) is 18.0 Å². The average Bonchev–Trinajstić information content (AvgIpc) is 2.87. The zero-order valence-corrected chi connectivity index (χ0v) is 20.0. The lowest BCUT2D eigenvalue weighted by molar-refractivity contribution is -0.137. The number of carbonyl (C=O) groups excluding carboxylic acids is 1. The Kier molecular flexibility index (Phi) is 6.55. The minimum absolute atomic E-state index is 0.0446. The first kappa shape index (κ1) is 23.8. The maximum absolute atomic E-state index is 13.6. The maximum Gasteiger partial charge on any atom is 0.416 e. The van der Waals surface area contributed by atoms with Gasteiger partial charge in [0.25, 0.3) is 0 Å². The number of hydrogen-bond acceptors (Lipinski definition) is 4. The van der Waals surface area contributed by atoms with Crippen LogP contribution in [0.5, 0.6) is 5.75 Å². The molecule has 8 heteroatoms. The van der Waals surface area contributed by atoms with Gasteiger partial charge in [-0.3, -0.25) is 4.79 Å². The molecule has 0 unspecified atom stereocenters. The van der Waals surface area contributed by atoms with Crippen LogP contribution in [0.25, 0.3) is 0 Å². The van der Waals surface area contributed by atoms with Crippen LogP contribution in [0.4, 0.5) is 24.5 Å². The van der Waals surface area contributed by atoms with Crippen molar-refractivity contribution in [3.63, 3.8) is 0 Å². The van der Waals surface area contributed by atoms with E-state index in [0.717, 1.165) is 48.9 Å². The first-order valence-corrected chi connectivity index (χ1v) is 12.5. The fourth-order valence-corrected chi connectivity index (χ4v) is 5.96. The molecule has 1 saturated carbocycles. The molecule has 2 atom stereocenters. The summed E-state index contributed by atoms with van der Waals surface area (Å²) in [5.41, 5.74) is 1.73. The zero-order chi connectivity index (χ0) is 24.6. The van der Waals surface area contributed by atoms with E-state index in [1.165, 1.54) is 12.5 Å². The second kappa shape index (κ2) is 9.63. The number of piperazine rings is 1. The lowest BCUT2D eigenvalue weighted by Crippen LogP contribution is -2.61. The normalized spacial score (nSPS) is 22.9. The molecule has 5 nitrogen and oxygen atoms in total. The number of nitrogens with zero attached hydrogens (tertiary/aromatic N) is 2. The maximum atomic E-state index is 13.6. The van der Waals surface area contributed by atoms with Gasteiger partial charge in [0.05, 0.1) is 30.3 Å². The van der Waals surface area contributed by atoms with E-state index in [0.29, 0.717) is 31.6 Å². The molecule has 1 saturated heterocycles. The molecule has 0 aromatic heterocycles. The highest BCUT2D eigenvalue weighted by molar-refractivity contribution is 5.83. The summed E-state index contributed by atoms with van der Waals surface area (Å²) in [5, 5.41) is 3.24. The van der Waals surface area contributed by atoms with E-state index in [1.807, 2.05) is 24.3 Å². The lowest BCUT2D eigenvalue weighted by atomic mass is 9.82. The molecule has 0 radical (unpaired) electrons. The summed E-state index contributed by atoms with van der Waals surface area (Å²) in [6.45, 7) is 1.91. The van der Waals surface area contributed by atoms with Gasteiger partial charge in [-0.05, 0) is 55.2 Å². The van der Waals surface area contributed by atoms with E-state index < -0.39 is 17.7 Å². The molecule has 188 valence electrons. The van der Waals surface area contributed by atoms with Gasteiger partial charge >= 0.3 is 6.18 Å². The Balaban J connectivity index is 1.46. The van der Waals surface area contributed by atoms with Crippen LogP contribution in [-0.4, -0.2) is 44.7 Å². The van der Waals surface area contributed by atoms with Gasteiger partial charge in [0.2, 0.25) is 5.91 Å². The van der Waals surface area contributed by atoms with Crippen LogP contribution >= 0.6 is 0 Å². The Labute approximate surface area is 204 Å². The number of ether oxygens (including phenoxy) is 1. The molecule has 1 amide bonds. The van der Waals surface area contributed by atoms with Crippen LogP contribution in [0.2, 0.25) is 0 Å². The van der Waals surface area contributed by atoms with Crippen molar-refractivity contribution in [3.05, 3.63) is 53.6 Å². The van der Waals surface area contributed by atoms with Gasteiger partial charge in [-0.15, -0.1) is 0 Å². The summed E-state index contributed by atoms with van der Waals surface area (Å²) >= 11 is 0. The Morgan fingerprint density at radius 1 is 1.03 bits per heavy atom. The molecule has 2 aromatic rings. The number of nitrogens with one attached hydrogen (secondary N) is 1. The van der Waals surface area contributed by atoms with Crippen molar-refractivity contribution in [1.29, 1.82) is 0 Å². The van der Waals surface area contributed by atoms with E-state index in [-0.39, 0.29) is 18.0 Å². The lowest BCUT2D eigenvalue weighted by Gasteiger charge is -2.50. The number of methoxy groups -OCH3 is 1. The highest BCUT2D eigenvalue weighted by Crippen LogP contribution is 2.41. The number of para-hydroxylation sites is 2. The minimum Gasteiger partial charge on any atom is -0.495 e. The van der Waals surface area contributed by atoms with Crippen LogP contribution in [0.15, 0.2) is 42.5 Å². The van der Waals surface area contributed by atoms with Gasteiger partial charge in [-0.25, -0.2) is 0 Å². The van der Waals surface area contributed by atoms with E-state index in [1.54, 1.807) is 13.2 Å². The number of fused-ring (bicyclic) bond motifs is 3. The van der Waals surface area contributed by atoms with Crippen molar-refractivity contribution in [1.82, 2.24) is 5.32 Å². The van der Waals surface area contributed by atoms with Gasteiger partial charge in [-0.1, -0.05) is 31.4 Å². The molecule has 5 rings (SSSR count). The number of anilines is 2. The number of amides is 1. The van der Waals surface area contributed by atoms with Crippen molar-refractivity contribution in [2.24, 2.45) is 5.92 Å². The minimum atomic E-state index is -4.41. The second-order valence-corrected chi connectivity index (χ2v) is 9.87. The van der Waals surface area contributed by atoms with Crippen LogP contribution in [0, 0.1) is 5.92 Å². The fraction of sp³-hybridized carbons (Fsp3) is 0.519. The third-order valence-electron chi connectivity index (χ3n) is 7.75. The Bertz CT molecular complexity index is 1070. The summed E-state index contributed by atoms with van der Waals surface area (Å²) in [6, 6.07) is 11.8. The van der Waals surface area contributed by atoms with Crippen molar-refractivity contribution in [2.75, 3.05) is 36.5 Å². The van der Waals surface area contributed by atoms with Gasteiger partial charge < -0.3 is 19.9 Å². The smallest absolute Gasteiger partial charge is 0.416 e. The largest absolute Gasteiger partial charge is 0.495 e. The Morgan fingerprint density at radius 3 is 2.54 bits per heavy atom. The summed E-state index contributed by atoms with van der Waals surface area (Å²) in [6.07, 6.45) is 1.22. The molecule has 1 N–H and O–H groups in total. The van der Waals surface area contributed by atoms with Gasteiger partial charge in [0.1, 0.15) is 5.75 Å². The first-order chi connectivity index (χ1) is 16.8. The zero-order valence-electron chi connectivity index (χ0n) is 20.0. The van der Waals surface area contributed by atoms with Crippen molar-refractivity contribution < 1.29 is 22.7 Å². The van der Waals surface area contributed by atoms with Crippen LogP contribution in [-0.2, 0) is 17.4 Å². The molecule has 0 bridgehead atoms. The fourth-order valence-electron chi connectivity index (χ4n) is 5.96. The SMILES string of the molecule is COc1ccccc1N1CCN2c3ccc(C(F)(F)F)cc3C[C@H](C(=O)NC3CCCCC3)[C@@H]2C1. The Morgan fingerprint density at radius 2 is 1.80 bits per heavy atom. The highest BCUT2D eigenvalue weighted by Gasteiger charge is 2.43. The quantitative estimate of drug-likeness (QED) is 0.657. The first-order valence-electron chi connectivity index (χ1n) is 12.5. The standard InChI is InChI=1S/C27H32F3N3O2/c1-35-25-10-6-5-9-23(25)32-13-14-33-22-12-11-19(27(28,29)30)15-18(22)16-21(24(33)17-32)26(34)31-20-7-3-2-4-8-20/h5-6,9-12,15,20-21,24H,2-4,7-8,13-14,16-17H2,1H3,(H,31,34)/t21-,24-/m0/s1. The molecule has 2 aliphatic heterocycles. The van der Waals surface area contributed by atoms with Crippen molar-refractivity contribution >= 4 is 17.3 Å². The molecular weight excluding hydrogens is 455 g/mol. The highest BCUT2D eigenvalue weighted by atomic mass is 19.4. The number of benzene rings is 2. The molecular formula is C27H32F3N3O2. The summed E-state index contributed by atoms with van der Waals surface area (Å²) < 4.78 is 45.9. The average molecular weight is 488 g/mol. The van der Waals surface area contributed by atoms with Gasteiger partial charge in [-0.2, -0.15) is 13.2 Å². The molecule has 2 fully saturated rings. The van der Waals surface area contributed by atoms with E-state index in [2.05, 4.69) is 15.1 Å². The van der Waals surface area contributed by atoms with Gasteiger partial charge in [0, 0.05) is 31.4 Å². The topological polar surface area (TPSA) is 44.8 Å². The number of hydrogen-bond donors (Lipinski definition) is 1. The third kappa shape index (κ3) is 4.80. The number of rotatable bonds is 4. The molecule has 3 aliphatic rings. The van der Waals surface area contributed by atoms with E-state index >= 15 is 0 Å². The van der Waals surface area contributed by atoms with Gasteiger partial charge in [0.15, 0.2) is 0 Å². The number of alkyl halides is 3. The van der Waals surface area contributed by atoms with Crippen LogP contribution < -0.4 is 19.9 Å². The summed E-state index contributed by atoms with van der Waals surface area (Å²) in [5.74, 6) is 0.303. The molecule has 1 aliphatic carbocycles. The number of halogens is 3. The number of carbonyl (C=O) groups is 1. The Hall–Kier alpha value is -2.90. The van der Waals surface area contributed by atoms with Crippen LogP contribution in [0.1, 0.15) is 43.2 Å². The van der Waals surface area contributed by atoms with Crippen LogP contribution in [0.3, 0.4) is 0 Å². The predicted octanol–water partition coefficient (Wildman–Crippen LogP) is 5.03. The second-order valence-electron chi connectivity index (χ2n) is 9.87. The van der Waals surface area contributed by atoms with Crippen molar-refractivity contribution in [3.8, 4) is 5.75 Å².